The number of thiophene rings is 1. The van der Waals surface area contributed by atoms with Crippen LogP contribution in [0, 0.1) is 0 Å². The zero-order valence-corrected chi connectivity index (χ0v) is 8.09. The standard InChI is InChI=1S/C5H4OS.C4H8O2/c6-3-5-1-2-7-4-5;1-2-6-4-3-5-1/h1-4H;1-4H2. The summed E-state index contributed by atoms with van der Waals surface area (Å²) in [5, 5.41) is 3.69. The van der Waals surface area contributed by atoms with Crippen LogP contribution in [-0.2, 0) is 9.47 Å². The molecule has 4 heteroatoms. The van der Waals surface area contributed by atoms with Crippen molar-refractivity contribution < 1.29 is 14.3 Å². The predicted molar refractivity (Wildman–Crippen MR) is 51.3 cm³/mol. The summed E-state index contributed by atoms with van der Waals surface area (Å²) in [7, 11) is 0. The molecule has 2 heterocycles. The summed E-state index contributed by atoms with van der Waals surface area (Å²) < 4.78 is 9.89. The number of rotatable bonds is 1. The maximum Gasteiger partial charge on any atom is 0.150 e. The molecule has 0 unspecified atom stereocenters. The van der Waals surface area contributed by atoms with Crippen LogP contribution in [0.1, 0.15) is 10.4 Å². The highest BCUT2D eigenvalue weighted by Gasteiger charge is 1.94. The third-order valence-electron chi connectivity index (χ3n) is 1.42. The van der Waals surface area contributed by atoms with E-state index >= 15 is 0 Å². The number of aldehydes is 1. The first-order chi connectivity index (χ1) is 6.43. The minimum atomic E-state index is 0.769. The topological polar surface area (TPSA) is 35.5 Å². The summed E-state index contributed by atoms with van der Waals surface area (Å²) in [6.07, 6.45) is 0.844. The number of carbonyl (C=O) groups is 1. The van der Waals surface area contributed by atoms with Gasteiger partial charge in [0, 0.05) is 10.9 Å². The highest BCUT2D eigenvalue weighted by atomic mass is 32.1. The van der Waals surface area contributed by atoms with E-state index in [1.54, 1.807) is 6.07 Å². The molecule has 0 bridgehead atoms. The Morgan fingerprint density at radius 2 is 1.85 bits per heavy atom. The fraction of sp³-hybridized carbons (Fsp3) is 0.444. The van der Waals surface area contributed by atoms with Crippen LogP contribution in [-0.4, -0.2) is 32.7 Å². The molecule has 1 fully saturated rings. The molecule has 0 aliphatic carbocycles. The van der Waals surface area contributed by atoms with Gasteiger partial charge in [-0.3, -0.25) is 4.79 Å². The van der Waals surface area contributed by atoms with Crippen molar-refractivity contribution in [2.45, 2.75) is 0 Å². The van der Waals surface area contributed by atoms with Gasteiger partial charge in [-0.25, -0.2) is 0 Å². The van der Waals surface area contributed by atoms with Crippen molar-refractivity contribution in [1.82, 2.24) is 0 Å². The second-order valence-electron chi connectivity index (χ2n) is 2.40. The van der Waals surface area contributed by atoms with Crippen molar-refractivity contribution in [2.75, 3.05) is 26.4 Å². The second-order valence-corrected chi connectivity index (χ2v) is 3.18. The van der Waals surface area contributed by atoms with Crippen LogP contribution in [0.5, 0.6) is 0 Å². The van der Waals surface area contributed by atoms with Crippen molar-refractivity contribution in [3.05, 3.63) is 22.4 Å². The number of hydrogen-bond donors (Lipinski definition) is 0. The van der Waals surface area contributed by atoms with E-state index in [1.165, 1.54) is 11.3 Å². The predicted octanol–water partition coefficient (Wildman–Crippen LogP) is 1.59. The molecule has 1 aliphatic rings. The summed E-state index contributed by atoms with van der Waals surface area (Å²) in [5.41, 5.74) is 0.769. The van der Waals surface area contributed by atoms with Gasteiger partial charge in [0.05, 0.1) is 26.4 Å². The van der Waals surface area contributed by atoms with Crippen molar-refractivity contribution in [2.24, 2.45) is 0 Å². The van der Waals surface area contributed by atoms with E-state index in [2.05, 4.69) is 0 Å². The Morgan fingerprint density at radius 1 is 1.23 bits per heavy atom. The van der Waals surface area contributed by atoms with Gasteiger partial charge in [0.1, 0.15) is 0 Å². The highest BCUT2D eigenvalue weighted by Crippen LogP contribution is 2.00. The van der Waals surface area contributed by atoms with Gasteiger partial charge >= 0.3 is 0 Å². The monoisotopic (exact) mass is 200 g/mol. The van der Waals surface area contributed by atoms with Crippen LogP contribution in [0.4, 0.5) is 0 Å². The smallest absolute Gasteiger partial charge is 0.150 e. The van der Waals surface area contributed by atoms with Crippen LogP contribution < -0.4 is 0 Å². The maximum atomic E-state index is 9.87. The van der Waals surface area contributed by atoms with Crippen LogP contribution >= 0.6 is 11.3 Å². The average Bonchev–Trinajstić information content (AvgIpc) is 2.74. The first-order valence-electron chi connectivity index (χ1n) is 4.06. The molecule has 0 spiro atoms. The lowest BCUT2D eigenvalue weighted by molar-refractivity contribution is -0.0334. The van der Waals surface area contributed by atoms with Crippen molar-refractivity contribution >= 4 is 17.6 Å². The summed E-state index contributed by atoms with van der Waals surface area (Å²) >= 11 is 1.53. The van der Waals surface area contributed by atoms with Crippen molar-refractivity contribution in [3.63, 3.8) is 0 Å². The maximum absolute atomic E-state index is 9.87. The normalized spacial score (nSPS) is 15.7. The van der Waals surface area contributed by atoms with E-state index in [1.807, 2.05) is 10.8 Å². The lowest BCUT2D eigenvalue weighted by Gasteiger charge is -2.09. The lowest BCUT2D eigenvalue weighted by atomic mass is 10.4. The Balaban J connectivity index is 0.000000132. The third-order valence-corrected chi connectivity index (χ3v) is 2.12. The second kappa shape index (κ2) is 6.77. The van der Waals surface area contributed by atoms with Gasteiger partial charge in [-0.2, -0.15) is 11.3 Å². The quantitative estimate of drug-likeness (QED) is 0.646. The van der Waals surface area contributed by atoms with Gasteiger partial charge in [-0.15, -0.1) is 0 Å². The molecule has 1 aliphatic heterocycles. The molecule has 0 amide bonds. The van der Waals surface area contributed by atoms with E-state index in [-0.39, 0.29) is 0 Å². The van der Waals surface area contributed by atoms with E-state index in [4.69, 9.17) is 9.47 Å². The summed E-state index contributed by atoms with van der Waals surface area (Å²) in [6, 6.07) is 1.79. The summed E-state index contributed by atoms with van der Waals surface area (Å²) in [6.45, 7) is 3.11. The summed E-state index contributed by atoms with van der Waals surface area (Å²) in [5.74, 6) is 0. The van der Waals surface area contributed by atoms with Crippen molar-refractivity contribution in [3.8, 4) is 0 Å². The van der Waals surface area contributed by atoms with Crippen molar-refractivity contribution in [1.29, 1.82) is 0 Å². The number of carbonyl (C=O) groups excluding carboxylic acids is 1. The SMILES string of the molecule is C1COCCO1.O=Cc1ccsc1. The van der Waals surface area contributed by atoms with Crippen LogP contribution in [0.3, 0.4) is 0 Å². The summed E-state index contributed by atoms with van der Waals surface area (Å²) in [4.78, 5) is 9.87. The molecule has 0 saturated carbocycles. The van der Waals surface area contributed by atoms with Gasteiger partial charge in [0.15, 0.2) is 6.29 Å². The molecule has 1 saturated heterocycles. The number of ether oxygens (including phenoxy) is 2. The Bertz CT molecular complexity index is 205. The first-order valence-corrected chi connectivity index (χ1v) is 5.00. The molecule has 3 nitrogen and oxygen atoms in total. The van der Waals surface area contributed by atoms with E-state index < -0.39 is 0 Å². The van der Waals surface area contributed by atoms with Gasteiger partial charge < -0.3 is 9.47 Å². The van der Waals surface area contributed by atoms with E-state index in [0.29, 0.717) is 0 Å². The van der Waals surface area contributed by atoms with Gasteiger partial charge in [0.2, 0.25) is 0 Å². The fourth-order valence-corrected chi connectivity index (χ4v) is 1.39. The molecule has 0 aromatic carbocycles. The van der Waals surface area contributed by atoms with Crippen LogP contribution in [0.15, 0.2) is 16.8 Å². The molecule has 13 heavy (non-hydrogen) atoms. The van der Waals surface area contributed by atoms with Gasteiger partial charge in [0.25, 0.3) is 0 Å². The number of hydrogen-bond acceptors (Lipinski definition) is 4. The zero-order chi connectivity index (χ0) is 9.36. The molecule has 2 rings (SSSR count). The molecule has 1 aromatic heterocycles. The van der Waals surface area contributed by atoms with Gasteiger partial charge in [-0.1, -0.05) is 0 Å². The van der Waals surface area contributed by atoms with Crippen LogP contribution in [0.2, 0.25) is 0 Å². The molecule has 0 atom stereocenters. The molecule has 0 radical (unpaired) electrons. The lowest BCUT2D eigenvalue weighted by Crippen LogP contribution is -2.16. The van der Waals surface area contributed by atoms with Gasteiger partial charge in [-0.05, 0) is 11.4 Å². The Hall–Kier alpha value is -0.710. The first kappa shape index (κ1) is 10.4. The van der Waals surface area contributed by atoms with Crippen LogP contribution in [0.25, 0.3) is 0 Å². The zero-order valence-electron chi connectivity index (χ0n) is 7.27. The fourth-order valence-electron chi connectivity index (χ4n) is 0.782. The largest absolute Gasteiger partial charge is 0.377 e. The highest BCUT2D eigenvalue weighted by molar-refractivity contribution is 7.08. The molecular weight excluding hydrogens is 188 g/mol. The Morgan fingerprint density at radius 3 is 2.08 bits per heavy atom. The average molecular weight is 200 g/mol. The molecule has 0 N–H and O–H groups in total. The molecular formula is C9H12O3S. The Kier molecular flexibility index (Phi) is 5.40. The minimum Gasteiger partial charge on any atom is -0.377 e. The third kappa shape index (κ3) is 4.77. The van der Waals surface area contributed by atoms with E-state index in [0.717, 1.165) is 38.3 Å². The minimum absolute atomic E-state index is 0.769. The van der Waals surface area contributed by atoms with E-state index in [9.17, 15) is 4.79 Å². The Labute approximate surface area is 81.3 Å². The molecule has 72 valence electrons. The molecule has 1 aromatic rings.